The Kier molecular flexibility index (Phi) is 4.32. The van der Waals surface area contributed by atoms with E-state index in [0.717, 1.165) is 12.8 Å². The zero-order valence-electron chi connectivity index (χ0n) is 11.8. The number of aliphatic carboxylic acids is 1. The van der Waals surface area contributed by atoms with Crippen LogP contribution in [-0.2, 0) is 4.79 Å². The number of likely N-dealkylation sites (tertiary alicyclic amines) is 2. The van der Waals surface area contributed by atoms with Crippen molar-refractivity contribution in [2.45, 2.75) is 58.0 Å². The average molecular weight is 268 g/mol. The van der Waals surface area contributed by atoms with Gasteiger partial charge in [-0.25, -0.2) is 4.79 Å². The van der Waals surface area contributed by atoms with Crippen LogP contribution in [0.25, 0.3) is 0 Å². The number of nitrogens with zero attached hydrogens (tertiary/aromatic N) is 2. The number of rotatable bonds is 1. The number of carbonyl (C=O) groups excluding carboxylic acids is 1. The summed E-state index contributed by atoms with van der Waals surface area (Å²) in [4.78, 5) is 27.3. The molecule has 5 heteroatoms. The summed E-state index contributed by atoms with van der Waals surface area (Å²) in [5, 5.41) is 8.98. The molecule has 0 aliphatic carbocycles. The minimum atomic E-state index is -0.730. The van der Waals surface area contributed by atoms with Gasteiger partial charge in [0.25, 0.3) is 0 Å². The van der Waals surface area contributed by atoms with Crippen molar-refractivity contribution in [2.24, 2.45) is 5.92 Å². The first-order valence-electron chi connectivity index (χ1n) is 7.30. The zero-order chi connectivity index (χ0) is 14.0. The molecule has 2 amide bonds. The van der Waals surface area contributed by atoms with Crippen LogP contribution in [0.15, 0.2) is 0 Å². The third-order valence-corrected chi connectivity index (χ3v) is 4.53. The summed E-state index contributed by atoms with van der Waals surface area (Å²) in [6.07, 6.45) is 4.49. The molecule has 2 unspecified atom stereocenters. The lowest BCUT2D eigenvalue weighted by atomic mass is 9.96. The lowest BCUT2D eigenvalue weighted by Gasteiger charge is -2.43. The van der Waals surface area contributed by atoms with Crippen LogP contribution >= 0.6 is 0 Å². The van der Waals surface area contributed by atoms with Crippen LogP contribution in [0.4, 0.5) is 4.79 Å². The molecule has 0 bridgehead atoms. The highest BCUT2D eigenvalue weighted by Gasteiger charge is 2.34. The molecular formula is C14H24N2O3. The minimum absolute atomic E-state index is 0.100. The predicted octanol–water partition coefficient (Wildman–Crippen LogP) is 2.17. The summed E-state index contributed by atoms with van der Waals surface area (Å²) >= 11 is 0. The fourth-order valence-corrected chi connectivity index (χ4v) is 3.28. The molecule has 2 rings (SSSR count). The monoisotopic (exact) mass is 268 g/mol. The number of piperidine rings is 2. The largest absolute Gasteiger partial charge is 0.481 e. The summed E-state index contributed by atoms with van der Waals surface area (Å²) in [6, 6.07) is 0.699. The van der Waals surface area contributed by atoms with Gasteiger partial charge in [-0.15, -0.1) is 0 Å². The first-order valence-corrected chi connectivity index (χ1v) is 7.30. The molecule has 2 aliphatic rings. The fraction of sp³-hybridized carbons (Fsp3) is 0.857. The zero-order valence-corrected chi connectivity index (χ0v) is 11.8. The van der Waals surface area contributed by atoms with E-state index in [2.05, 4.69) is 13.8 Å². The second-order valence-corrected chi connectivity index (χ2v) is 5.92. The molecule has 2 saturated heterocycles. The van der Waals surface area contributed by atoms with Gasteiger partial charge in [0, 0.05) is 25.2 Å². The molecule has 108 valence electrons. The number of carbonyl (C=O) groups is 2. The van der Waals surface area contributed by atoms with Gasteiger partial charge in [0.2, 0.25) is 0 Å². The number of hydrogen-bond acceptors (Lipinski definition) is 2. The van der Waals surface area contributed by atoms with Gasteiger partial charge in [-0.1, -0.05) is 0 Å². The highest BCUT2D eigenvalue weighted by atomic mass is 16.4. The standard InChI is InChI=1S/C14H24N2O3/c1-10-4-3-5-11(2)16(10)14(19)15-8-6-12(7-9-15)13(17)18/h10-12H,3-9H2,1-2H3,(H,17,18). The Morgan fingerprint density at radius 2 is 1.53 bits per heavy atom. The molecule has 1 N–H and O–H groups in total. The van der Waals surface area contributed by atoms with E-state index in [1.165, 1.54) is 6.42 Å². The van der Waals surface area contributed by atoms with Crippen LogP contribution < -0.4 is 0 Å². The summed E-state index contributed by atoms with van der Waals surface area (Å²) in [7, 11) is 0. The first kappa shape index (κ1) is 14.2. The third kappa shape index (κ3) is 3.01. The van der Waals surface area contributed by atoms with E-state index in [1.807, 2.05) is 9.80 Å². The van der Waals surface area contributed by atoms with E-state index < -0.39 is 5.97 Å². The van der Waals surface area contributed by atoms with Gasteiger partial charge >= 0.3 is 12.0 Å². The maximum atomic E-state index is 12.6. The molecule has 0 aromatic carbocycles. The van der Waals surface area contributed by atoms with Crippen molar-refractivity contribution in [3.63, 3.8) is 0 Å². The van der Waals surface area contributed by atoms with E-state index in [0.29, 0.717) is 38.0 Å². The Balaban J connectivity index is 1.95. The van der Waals surface area contributed by atoms with Crippen LogP contribution in [0, 0.1) is 5.92 Å². The van der Waals surface area contributed by atoms with Gasteiger partial charge in [-0.05, 0) is 46.0 Å². The number of urea groups is 1. The Hall–Kier alpha value is -1.26. The summed E-state index contributed by atoms with van der Waals surface area (Å²) < 4.78 is 0. The van der Waals surface area contributed by atoms with Crippen molar-refractivity contribution >= 4 is 12.0 Å². The Bertz CT molecular complexity index is 341. The van der Waals surface area contributed by atoms with Crippen LogP contribution in [0.5, 0.6) is 0 Å². The predicted molar refractivity (Wildman–Crippen MR) is 71.9 cm³/mol. The molecule has 5 nitrogen and oxygen atoms in total. The van der Waals surface area contributed by atoms with Crippen LogP contribution in [0.2, 0.25) is 0 Å². The highest BCUT2D eigenvalue weighted by molar-refractivity contribution is 5.76. The van der Waals surface area contributed by atoms with Crippen LogP contribution in [0.3, 0.4) is 0 Å². The van der Waals surface area contributed by atoms with Crippen molar-refractivity contribution in [3.05, 3.63) is 0 Å². The minimum Gasteiger partial charge on any atom is -0.481 e. The molecule has 0 aromatic heterocycles. The summed E-state index contributed by atoms with van der Waals surface area (Å²) in [5.41, 5.74) is 0. The van der Waals surface area contributed by atoms with Crippen molar-refractivity contribution in [2.75, 3.05) is 13.1 Å². The van der Waals surface area contributed by atoms with Crippen LogP contribution in [0.1, 0.15) is 46.0 Å². The number of carboxylic acids is 1. The number of hydrogen-bond donors (Lipinski definition) is 1. The van der Waals surface area contributed by atoms with Gasteiger partial charge < -0.3 is 14.9 Å². The molecule has 2 heterocycles. The Morgan fingerprint density at radius 3 is 2.00 bits per heavy atom. The maximum Gasteiger partial charge on any atom is 0.320 e. The summed E-state index contributed by atoms with van der Waals surface area (Å²) in [6.45, 7) is 5.37. The van der Waals surface area contributed by atoms with Crippen molar-refractivity contribution in [1.29, 1.82) is 0 Å². The molecule has 19 heavy (non-hydrogen) atoms. The van der Waals surface area contributed by atoms with Gasteiger partial charge in [0.05, 0.1) is 5.92 Å². The molecule has 2 aliphatic heterocycles. The number of carboxylic acid groups (broad SMARTS) is 1. The van der Waals surface area contributed by atoms with E-state index in [4.69, 9.17) is 5.11 Å². The second kappa shape index (κ2) is 5.80. The molecule has 0 spiro atoms. The van der Waals surface area contributed by atoms with Crippen molar-refractivity contribution < 1.29 is 14.7 Å². The lowest BCUT2D eigenvalue weighted by Crippen LogP contribution is -2.54. The Labute approximate surface area is 114 Å². The third-order valence-electron chi connectivity index (χ3n) is 4.53. The lowest BCUT2D eigenvalue weighted by molar-refractivity contribution is -0.143. The van der Waals surface area contributed by atoms with Crippen molar-refractivity contribution in [1.82, 2.24) is 9.80 Å². The van der Waals surface area contributed by atoms with Crippen LogP contribution in [-0.4, -0.2) is 52.1 Å². The molecular weight excluding hydrogens is 244 g/mol. The average Bonchev–Trinajstić information content (AvgIpc) is 2.38. The topological polar surface area (TPSA) is 60.9 Å². The Morgan fingerprint density at radius 1 is 1.00 bits per heavy atom. The smallest absolute Gasteiger partial charge is 0.320 e. The highest BCUT2D eigenvalue weighted by Crippen LogP contribution is 2.26. The normalized spacial score (nSPS) is 29.4. The van der Waals surface area contributed by atoms with Gasteiger partial charge in [-0.2, -0.15) is 0 Å². The van der Waals surface area contributed by atoms with E-state index >= 15 is 0 Å². The van der Waals surface area contributed by atoms with Gasteiger partial charge in [-0.3, -0.25) is 4.79 Å². The van der Waals surface area contributed by atoms with E-state index in [-0.39, 0.29) is 11.9 Å². The quantitative estimate of drug-likeness (QED) is 0.792. The molecule has 0 aromatic rings. The van der Waals surface area contributed by atoms with Gasteiger partial charge in [0.15, 0.2) is 0 Å². The molecule has 0 radical (unpaired) electrons. The number of amides is 2. The molecule has 2 atom stereocenters. The van der Waals surface area contributed by atoms with E-state index in [1.54, 1.807) is 0 Å². The molecule has 2 fully saturated rings. The van der Waals surface area contributed by atoms with Crippen molar-refractivity contribution in [3.8, 4) is 0 Å². The van der Waals surface area contributed by atoms with E-state index in [9.17, 15) is 9.59 Å². The van der Waals surface area contributed by atoms with Gasteiger partial charge in [0.1, 0.15) is 0 Å². The molecule has 0 saturated carbocycles. The maximum absolute atomic E-state index is 12.6. The fourth-order valence-electron chi connectivity index (χ4n) is 3.28. The first-order chi connectivity index (χ1) is 9.00. The SMILES string of the molecule is CC1CCCC(C)N1C(=O)N1CCC(C(=O)O)CC1. The second-order valence-electron chi connectivity index (χ2n) is 5.92. The summed E-state index contributed by atoms with van der Waals surface area (Å²) in [5.74, 6) is -1.01.